The van der Waals surface area contributed by atoms with Gasteiger partial charge < -0.3 is 14.8 Å². The highest BCUT2D eigenvalue weighted by Crippen LogP contribution is 2.47. The maximum Gasteiger partial charge on any atom is 0.189 e. The Morgan fingerprint density at radius 2 is 1.85 bits per heavy atom. The lowest BCUT2D eigenvalue weighted by Crippen LogP contribution is -2.27. The summed E-state index contributed by atoms with van der Waals surface area (Å²) in [5.41, 5.74) is 4.04. The molecule has 2 aromatic carbocycles. The van der Waals surface area contributed by atoms with Gasteiger partial charge in [-0.05, 0) is 79.7 Å². The molecule has 27 heavy (non-hydrogen) atoms. The molecule has 3 nitrogen and oxygen atoms in total. The van der Waals surface area contributed by atoms with Crippen molar-refractivity contribution in [3.8, 4) is 5.75 Å². The average molecular weight is 404 g/mol. The first-order valence-corrected chi connectivity index (χ1v) is 10.2. The number of ether oxygens (including phenoxy) is 2. The highest BCUT2D eigenvalue weighted by molar-refractivity contribution is 7.99. The average Bonchev–Trinajstić information content (AvgIpc) is 2.69. The third kappa shape index (κ3) is 4.69. The summed E-state index contributed by atoms with van der Waals surface area (Å²) in [4.78, 5) is 2.58. The second-order valence-electron chi connectivity index (χ2n) is 6.68. The van der Waals surface area contributed by atoms with Crippen molar-refractivity contribution in [3.63, 3.8) is 0 Å². The zero-order chi connectivity index (χ0) is 17.8. The number of fused-ring (bicyclic) bond motifs is 2. The normalized spacial score (nSPS) is 17.7. The number of rotatable bonds is 5. The topological polar surface area (TPSA) is 30.5 Å². The van der Waals surface area contributed by atoms with Gasteiger partial charge in [0.05, 0.1) is 0 Å². The quantitative estimate of drug-likeness (QED) is 0.457. The number of hydrogen-bond acceptors (Lipinski definition) is 4. The molecule has 0 radical (unpaired) electrons. The molecule has 0 spiro atoms. The number of nitrogens with one attached hydrogen (secondary N) is 1. The van der Waals surface area contributed by atoms with Crippen molar-refractivity contribution in [2.24, 2.45) is 5.92 Å². The van der Waals surface area contributed by atoms with Crippen molar-refractivity contribution in [1.82, 2.24) is 5.32 Å². The molecule has 0 atom stereocenters. The number of halogens is 1. The predicted octanol–water partition coefficient (Wildman–Crippen LogP) is 5.38. The van der Waals surface area contributed by atoms with Crippen molar-refractivity contribution in [2.45, 2.75) is 29.6 Å². The molecule has 0 aliphatic carbocycles. The highest BCUT2D eigenvalue weighted by Gasteiger charge is 2.23. The molecule has 0 bridgehead atoms. The maximum absolute atomic E-state index is 5.72. The minimum absolute atomic E-state index is 0. The van der Waals surface area contributed by atoms with E-state index in [1.165, 1.54) is 39.3 Å². The number of hydrogen-bond donors (Lipinski definition) is 1. The summed E-state index contributed by atoms with van der Waals surface area (Å²) < 4.78 is 11.0. The van der Waals surface area contributed by atoms with Gasteiger partial charge in [0.25, 0.3) is 0 Å². The first kappa shape index (κ1) is 20.3. The number of piperidine rings is 1. The van der Waals surface area contributed by atoms with E-state index in [1.807, 2.05) is 18.7 Å². The molecule has 2 aliphatic heterocycles. The van der Waals surface area contributed by atoms with E-state index < -0.39 is 0 Å². The van der Waals surface area contributed by atoms with Gasteiger partial charge in [-0.3, -0.25) is 0 Å². The fraction of sp³-hybridized carbons (Fsp3) is 0.364. The molecule has 0 unspecified atom stereocenters. The largest absolute Gasteiger partial charge is 0.468 e. The van der Waals surface area contributed by atoms with Gasteiger partial charge in [-0.25, -0.2) is 0 Å². The molecular weight excluding hydrogens is 378 g/mol. The minimum Gasteiger partial charge on any atom is -0.468 e. The van der Waals surface area contributed by atoms with Crippen LogP contribution < -0.4 is 10.1 Å². The summed E-state index contributed by atoms with van der Waals surface area (Å²) in [6.45, 7) is 5.16. The molecule has 1 fully saturated rings. The third-order valence-corrected chi connectivity index (χ3v) is 6.07. The Balaban J connectivity index is 0.00000210. The second kappa shape index (κ2) is 9.65. The molecule has 1 saturated heterocycles. The van der Waals surface area contributed by atoms with Gasteiger partial charge in [-0.1, -0.05) is 36.0 Å². The molecule has 0 amide bonds. The van der Waals surface area contributed by atoms with Gasteiger partial charge in [0, 0.05) is 16.4 Å². The van der Waals surface area contributed by atoms with Crippen LogP contribution in [0.15, 0.2) is 58.3 Å². The van der Waals surface area contributed by atoms with Crippen LogP contribution in [0.1, 0.15) is 30.9 Å². The Morgan fingerprint density at radius 3 is 2.67 bits per heavy atom. The summed E-state index contributed by atoms with van der Waals surface area (Å²) in [6.07, 6.45) is 4.92. The Morgan fingerprint density at radius 1 is 1.07 bits per heavy atom. The zero-order valence-electron chi connectivity index (χ0n) is 15.6. The monoisotopic (exact) mass is 403 g/mol. The van der Waals surface area contributed by atoms with Crippen LogP contribution in [0.2, 0.25) is 0 Å². The molecule has 0 aromatic heterocycles. The Bertz CT molecular complexity index is 803. The van der Waals surface area contributed by atoms with Crippen LogP contribution in [0, 0.1) is 5.92 Å². The molecule has 0 saturated carbocycles. The summed E-state index contributed by atoms with van der Waals surface area (Å²) >= 11 is 1.83. The Labute approximate surface area is 171 Å². The SMILES string of the molecule is CCOCOc1ccc2c(c1)Sc1ccccc1C2=CC1CCNCC1.Cl. The number of benzene rings is 2. The first-order valence-electron chi connectivity index (χ1n) is 9.40. The summed E-state index contributed by atoms with van der Waals surface area (Å²) in [5.74, 6) is 1.51. The standard InChI is InChI=1S/C22H25NO2S.ClH/c1-2-24-15-25-17-7-8-19-20(13-16-9-11-23-12-10-16)18-5-3-4-6-21(18)26-22(19)14-17;/h3-8,13-14,16,23H,2,9-12,15H2,1H3;1H. The smallest absolute Gasteiger partial charge is 0.189 e. The Hall–Kier alpha value is -1.46. The van der Waals surface area contributed by atoms with Crippen LogP contribution in [0.3, 0.4) is 0 Å². The molecular formula is C22H26ClNO2S. The molecule has 2 aliphatic rings. The minimum atomic E-state index is 0. The van der Waals surface area contributed by atoms with Gasteiger partial charge in [-0.15, -0.1) is 12.4 Å². The van der Waals surface area contributed by atoms with Crippen molar-refractivity contribution in [2.75, 3.05) is 26.5 Å². The van der Waals surface area contributed by atoms with E-state index in [0.717, 1.165) is 18.8 Å². The summed E-state index contributed by atoms with van der Waals surface area (Å²) in [5, 5.41) is 3.46. The van der Waals surface area contributed by atoms with Crippen LogP contribution >= 0.6 is 24.2 Å². The number of allylic oxidation sites excluding steroid dienone is 1. The highest BCUT2D eigenvalue weighted by atomic mass is 35.5. The van der Waals surface area contributed by atoms with Gasteiger partial charge in [-0.2, -0.15) is 0 Å². The molecule has 2 aromatic rings. The molecule has 1 N–H and O–H groups in total. The lowest BCUT2D eigenvalue weighted by atomic mass is 9.89. The predicted molar refractivity (Wildman–Crippen MR) is 114 cm³/mol. The van der Waals surface area contributed by atoms with Crippen molar-refractivity contribution < 1.29 is 9.47 Å². The van der Waals surface area contributed by atoms with Gasteiger partial charge in [0.1, 0.15) is 5.75 Å². The van der Waals surface area contributed by atoms with E-state index in [4.69, 9.17) is 9.47 Å². The summed E-state index contributed by atoms with van der Waals surface area (Å²) in [7, 11) is 0. The lowest BCUT2D eigenvalue weighted by Gasteiger charge is -2.26. The van der Waals surface area contributed by atoms with E-state index in [1.54, 1.807) is 0 Å². The van der Waals surface area contributed by atoms with Crippen LogP contribution in [-0.2, 0) is 4.74 Å². The fourth-order valence-electron chi connectivity index (χ4n) is 3.56. The third-order valence-electron chi connectivity index (χ3n) is 4.94. The zero-order valence-corrected chi connectivity index (χ0v) is 17.2. The summed E-state index contributed by atoms with van der Waals surface area (Å²) in [6, 6.07) is 15.1. The van der Waals surface area contributed by atoms with Gasteiger partial charge in [0.15, 0.2) is 6.79 Å². The van der Waals surface area contributed by atoms with Crippen LogP contribution in [0.25, 0.3) is 5.57 Å². The van der Waals surface area contributed by atoms with E-state index in [-0.39, 0.29) is 12.4 Å². The molecule has 4 rings (SSSR count). The van der Waals surface area contributed by atoms with Crippen LogP contribution in [-0.4, -0.2) is 26.5 Å². The van der Waals surface area contributed by atoms with Gasteiger partial charge in [0.2, 0.25) is 0 Å². The van der Waals surface area contributed by atoms with E-state index in [9.17, 15) is 0 Å². The van der Waals surface area contributed by atoms with E-state index in [2.05, 4.69) is 53.9 Å². The lowest BCUT2D eigenvalue weighted by molar-refractivity contribution is 0.0223. The molecule has 5 heteroatoms. The Kier molecular flexibility index (Phi) is 7.25. The fourth-order valence-corrected chi connectivity index (χ4v) is 4.69. The molecule has 144 valence electrons. The van der Waals surface area contributed by atoms with Crippen LogP contribution in [0.4, 0.5) is 0 Å². The van der Waals surface area contributed by atoms with Crippen molar-refractivity contribution in [1.29, 1.82) is 0 Å². The molecule has 2 heterocycles. The first-order chi connectivity index (χ1) is 12.8. The second-order valence-corrected chi connectivity index (χ2v) is 7.76. The van der Waals surface area contributed by atoms with Crippen molar-refractivity contribution in [3.05, 3.63) is 59.7 Å². The maximum atomic E-state index is 5.72. The van der Waals surface area contributed by atoms with Crippen molar-refractivity contribution >= 4 is 29.7 Å². The van der Waals surface area contributed by atoms with E-state index >= 15 is 0 Å². The van der Waals surface area contributed by atoms with Gasteiger partial charge >= 0.3 is 0 Å². The van der Waals surface area contributed by atoms with Crippen LogP contribution in [0.5, 0.6) is 5.75 Å². The van der Waals surface area contributed by atoms with E-state index in [0.29, 0.717) is 19.3 Å².